The number of nitrogens with zero attached hydrogens (tertiary/aromatic N) is 6. The smallest absolute Gasteiger partial charge is 0.417 e. The summed E-state index contributed by atoms with van der Waals surface area (Å²) in [6, 6.07) is 12.5. The van der Waals surface area contributed by atoms with Gasteiger partial charge in [0.15, 0.2) is 5.60 Å². The quantitative estimate of drug-likeness (QED) is 0.313. The monoisotopic (exact) mass is 559 g/mol. The number of halogens is 4. The van der Waals surface area contributed by atoms with Crippen molar-refractivity contribution in [1.82, 2.24) is 35.5 Å². The minimum atomic E-state index is -4.53. The lowest BCUT2D eigenvalue weighted by Gasteiger charge is -2.30. The van der Waals surface area contributed by atoms with Crippen molar-refractivity contribution in [3.63, 3.8) is 0 Å². The Morgan fingerprint density at radius 2 is 1.85 bits per heavy atom. The van der Waals surface area contributed by atoms with Gasteiger partial charge in [0.05, 0.1) is 11.3 Å². The highest BCUT2D eigenvalue weighted by Crippen LogP contribution is 2.30. The summed E-state index contributed by atoms with van der Waals surface area (Å²) in [5.74, 6) is -0.870. The molecule has 9 nitrogen and oxygen atoms in total. The SMILES string of the molecule is CC(NC(=O)C(C)(C)Oc1ccc(C(F)(F)F)cn1)C(Cc1ccc(Cl)cc1)c1cc(-n2cnnn2)ccn1. The van der Waals surface area contributed by atoms with Gasteiger partial charge < -0.3 is 10.1 Å². The fourth-order valence-corrected chi connectivity index (χ4v) is 4.00. The van der Waals surface area contributed by atoms with Crippen LogP contribution in [-0.4, -0.2) is 47.7 Å². The summed E-state index contributed by atoms with van der Waals surface area (Å²) in [6.45, 7) is 4.87. The highest BCUT2D eigenvalue weighted by Gasteiger charge is 2.35. The summed E-state index contributed by atoms with van der Waals surface area (Å²) in [5.41, 5.74) is 0.0142. The zero-order valence-electron chi connectivity index (χ0n) is 21.2. The van der Waals surface area contributed by atoms with Gasteiger partial charge in [0.1, 0.15) is 6.33 Å². The molecule has 0 aliphatic rings. The Morgan fingerprint density at radius 1 is 1.10 bits per heavy atom. The number of amides is 1. The highest BCUT2D eigenvalue weighted by molar-refractivity contribution is 6.30. The second kappa shape index (κ2) is 11.4. The van der Waals surface area contributed by atoms with Crippen LogP contribution in [0.5, 0.6) is 5.88 Å². The van der Waals surface area contributed by atoms with Crippen molar-refractivity contribution in [1.29, 1.82) is 0 Å². The van der Waals surface area contributed by atoms with Gasteiger partial charge in [0, 0.05) is 41.1 Å². The van der Waals surface area contributed by atoms with E-state index in [-0.39, 0.29) is 11.8 Å². The van der Waals surface area contributed by atoms with E-state index in [0.29, 0.717) is 29.0 Å². The number of benzene rings is 1. The first kappa shape index (κ1) is 28.0. The van der Waals surface area contributed by atoms with Crippen LogP contribution in [0.15, 0.2) is 67.3 Å². The van der Waals surface area contributed by atoms with Crippen molar-refractivity contribution >= 4 is 17.5 Å². The molecule has 2 unspecified atom stereocenters. The van der Waals surface area contributed by atoms with Gasteiger partial charge in [-0.05, 0) is 73.5 Å². The zero-order valence-corrected chi connectivity index (χ0v) is 22.0. The minimum absolute atomic E-state index is 0.107. The summed E-state index contributed by atoms with van der Waals surface area (Å²) >= 11 is 6.06. The van der Waals surface area contributed by atoms with Gasteiger partial charge in [-0.1, -0.05) is 23.7 Å². The molecule has 1 aromatic carbocycles. The van der Waals surface area contributed by atoms with Gasteiger partial charge in [-0.3, -0.25) is 9.78 Å². The first-order chi connectivity index (χ1) is 18.4. The maximum Gasteiger partial charge on any atom is 0.417 e. The molecule has 3 aromatic heterocycles. The second-order valence-corrected chi connectivity index (χ2v) is 9.82. The van der Waals surface area contributed by atoms with Gasteiger partial charge in [-0.25, -0.2) is 9.67 Å². The van der Waals surface area contributed by atoms with E-state index in [4.69, 9.17) is 16.3 Å². The highest BCUT2D eigenvalue weighted by atomic mass is 35.5. The molecule has 0 spiro atoms. The Balaban J connectivity index is 1.55. The Kier molecular flexibility index (Phi) is 8.14. The van der Waals surface area contributed by atoms with E-state index in [2.05, 4.69) is 30.8 Å². The normalized spacial score (nSPS) is 13.5. The number of rotatable bonds is 9. The largest absolute Gasteiger partial charge is 0.462 e. The molecule has 0 bridgehead atoms. The third kappa shape index (κ3) is 7.08. The first-order valence-electron chi connectivity index (χ1n) is 11.9. The molecule has 0 saturated carbocycles. The third-order valence-electron chi connectivity index (χ3n) is 6.06. The molecular weight excluding hydrogens is 535 g/mol. The molecule has 1 amide bonds. The van der Waals surface area contributed by atoms with Crippen LogP contribution in [0.4, 0.5) is 13.2 Å². The molecule has 4 aromatic rings. The van der Waals surface area contributed by atoms with Crippen molar-refractivity contribution in [3.05, 3.63) is 89.1 Å². The number of alkyl halides is 3. The second-order valence-electron chi connectivity index (χ2n) is 9.39. The molecule has 2 atom stereocenters. The lowest BCUT2D eigenvalue weighted by molar-refractivity contribution is -0.138. The van der Waals surface area contributed by atoms with Crippen LogP contribution in [-0.2, 0) is 17.4 Å². The van der Waals surface area contributed by atoms with Crippen LogP contribution in [0.3, 0.4) is 0 Å². The summed E-state index contributed by atoms with van der Waals surface area (Å²) in [7, 11) is 0. The van der Waals surface area contributed by atoms with Crippen LogP contribution >= 0.6 is 11.6 Å². The number of tetrazole rings is 1. The molecule has 3 heterocycles. The first-order valence-corrected chi connectivity index (χ1v) is 12.3. The van der Waals surface area contributed by atoms with E-state index in [1.807, 2.05) is 25.1 Å². The van der Waals surface area contributed by atoms with Crippen LogP contribution in [0, 0.1) is 0 Å². The molecule has 204 valence electrons. The summed E-state index contributed by atoms with van der Waals surface area (Å²) in [6.07, 6.45) is -0.237. The van der Waals surface area contributed by atoms with E-state index in [0.717, 1.165) is 17.7 Å². The summed E-state index contributed by atoms with van der Waals surface area (Å²) in [5, 5.41) is 14.8. The van der Waals surface area contributed by atoms with Crippen molar-refractivity contribution in [2.24, 2.45) is 0 Å². The van der Waals surface area contributed by atoms with E-state index in [9.17, 15) is 18.0 Å². The fourth-order valence-electron chi connectivity index (χ4n) is 3.87. The molecule has 0 aliphatic heterocycles. The third-order valence-corrected chi connectivity index (χ3v) is 6.31. The number of aromatic nitrogens is 6. The zero-order chi connectivity index (χ0) is 28.2. The van der Waals surface area contributed by atoms with Gasteiger partial charge in [-0.2, -0.15) is 13.2 Å². The van der Waals surface area contributed by atoms with E-state index in [1.165, 1.54) is 24.9 Å². The van der Waals surface area contributed by atoms with Gasteiger partial charge >= 0.3 is 6.18 Å². The van der Waals surface area contributed by atoms with E-state index < -0.39 is 29.3 Å². The lowest BCUT2D eigenvalue weighted by atomic mass is 9.89. The number of hydrogen-bond donors (Lipinski definition) is 1. The minimum Gasteiger partial charge on any atom is -0.462 e. The van der Waals surface area contributed by atoms with Crippen LogP contribution in [0.25, 0.3) is 5.69 Å². The molecule has 39 heavy (non-hydrogen) atoms. The van der Waals surface area contributed by atoms with Crippen molar-refractivity contribution in [3.8, 4) is 11.6 Å². The topological polar surface area (TPSA) is 108 Å². The maximum atomic E-state index is 13.3. The number of nitrogens with one attached hydrogen (secondary N) is 1. The standard InChI is InChI=1S/C26H25ClF3N7O2/c1-16(34-24(38)25(2,3)39-23-9-6-18(14-32-23)26(28,29)30)21(12-17-4-7-19(27)8-5-17)22-13-20(10-11-31-22)37-15-33-35-36-37/h4-11,13-16,21H,12H2,1-3H3,(H,34,38). The average molecular weight is 560 g/mol. The number of ether oxygens (including phenoxy) is 1. The number of pyridine rings is 2. The van der Waals surface area contributed by atoms with Crippen molar-refractivity contribution < 1.29 is 22.7 Å². The van der Waals surface area contributed by atoms with E-state index >= 15 is 0 Å². The molecule has 13 heteroatoms. The molecule has 0 radical (unpaired) electrons. The van der Waals surface area contributed by atoms with Crippen molar-refractivity contribution in [2.75, 3.05) is 0 Å². The predicted octanol–water partition coefficient (Wildman–Crippen LogP) is 4.81. The molecular formula is C26H25ClF3N7O2. The Morgan fingerprint density at radius 3 is 2.46 bits per heavy atom. The fraction of sp³-hybridized carbons (Fsp3) is 0.308. The average Bonchev–Trinajstić information content (AvgIpc) is 3.43. The van der Waals surface area contributed by atoms with Crippen molar-refractivity contribution in [2.45, 2.75) is 50.9 Å². The van der Waals surface area contributed by atoms with Gasteiger partial charge in [-0.15, -0.1) is 5.10 Å². The molecule has 0 saturated heterocycles. The summed E-state index contributed by atoms with van der Waals surface area (Å²) < 4.78 is 45.7. The lowest BCUT2D eigenvalue weighted by Crippen LogP contribution is -2.51. The van der Waals surface area contributed by atoms with Crippen LogP contribution in [0.2, 0.25) is 5.02 Å². The maximum absolute atomic E-state index is 13.3. The Bertz CT molecular complexity index is 1400. The molecule has 1 N–H and O–H groups in total. The van der Waals surface area contributed by atoms with Gasteiger partial charge in [0.2, 0.25) is 5.88 Å². The van der Waals surface area contributed by atoms with Crippen LogP contribution < -0.4 is 10.1 Å². The summed E-state index contributed by atoms with van der Waals surface area (Å²) in [4.78, 5) is 21.5. The van der Waals surface area contributed by atoms with Gasteiger partial charge in [0.25, 0.3) is 5.91 Å². The number of carbonyl (C=O) groups excluding carboxylic acids is 1. The molecule has 0 aliphatic carbocycles. The number of carbonyl (C=O) groups is 1. The molecule has 0 fully saturated rings. The Labute approximate surface area is 227 Å². The predicted molar refractivity (Wildman–Crippen MR) is 136 cm³/mol. The van der Waals surface area contributed by atoms with Crippen LogP contribution in [0.1, 0.15) is 43.5 Å². The number of hydrogen-bond acceptors (Lipinski definition) is 7. The Hall–Kier alpha value is -4.06. The van der Waals surface area contributed by atoms with E-state index in [1.54, 1.807) is 24.4 Å². The molecule has 4 rings (SSSR count).